The van der Waals surface area contributed by atoms with Gasteiger partial charge in [-0.2, -0.15) is 13.4 Å². The number of nitrogens with two attached hydrogens (primary N) is 1. The Morgan fingerprint density at radius 2 is 2.00 bits per heavy atom. The van der Waals surface area contributed by atoms with Gasteiger partial charge in [-0.25, -0.2) is 4.79 Å². The van der Waals surface area contributed by atoms with Crippen LogP contribution in [0, 0.1) is 0 Å². The number of aromatic hydroxyl groups is 1. The third-order valence-corrected chi connectivity index (χ3v) is 6.10. The predicted molar refractivity (Wildman–Crippen MR) is 105 cm³/mol. The van der Waals surface area contributed by atoms with Crippen molar-refractivity contribution in [3.63, 3.8) is 0 Å². The zero-order valence-corrected chi connectivity index (χ0v) is 16.1. The highest BCUT2D eigenvalue weighted by Crippen LogP contribution is 2.33. The molecule has 3 aromatic rings. The van der Waals surface area contributed by atoms with E-state index in [4.69, 9.17) is 14.7 Å². The molecule has 2 aromatic carbocycles. The second-order valence-electron chi connectivity index (χ2n) is 6.70. The number of ether oxygens (including phenoxy) is 1. The second kappa shape index (κ2) is 7.47. The van der Waals surface area contributed by atoms with E-state index < -0.39 is 28.1 Å². The fraction of sp³-hybridized carbons (Fsp3) is 0.263. The van der Waals surface area contributed by atoms with Gasteiger partial charge in [0.15, 0.2) is 0 Å². The topological polar surface area (TPSA) is 134 Å². The maximum absolute atomic E-state index is 12.6. The van der Waals surface area contributed by atoms with E-state index in [0.717, 1.165) is 0 Å². The van der Waals surface area contributed by atoms with Gasteiger partial charge in [-0.05, 0) is 30.4 Å². The number of fused-ring (bicyclic) bond motifs is 1. The summed E-state index contributed by atoms with van der Waals surface area (Å²) in [7, 11) is -4.19. The minimum Gasteiger partial charge on any atom is -0.506 e. The summed E-state index contributed by atoms with van der Waals surface area (Å²) in [5.41, 5.74) is 4.94. The van der Waals surface area contributed by atoms with Gasteiger partial charge in [0, 0.05) is 11.6 Å². The Kier molecular flexibility index (Phi) is 4.99. The number of aromatic nitrogens is 2. The molecule has 1 fully saturated rings. The first-order valence-corrected chi connectivity index (χ1v) is 10.4. The first-order chi connectivity index (χ1) is 13.8. The summed E-state index contributed by atoms with van der Waals surface area (Å²) in [6, 6.07) is 11.3. The van der Waals surface area contributed by atoms with Crippen molar-refractivity contribution < 1.29 is 22.4 Å². The number of nitrogens with zero attached hydrogens (tertiary/aromatic N) is 2. The number of benzene rings is 2. The normalized spacial score (nSPS) is 19.6. The van der Waals surface area contributed by atoms with Gasteiger partial charge < -0.3 is 15.6 Å². The summed E-state index contributed by atoms with van der Waals surface area (Å²) in [5, 5.41) is 11.5. The lowest BCUT2D eigenvalue weighted by Gasteiger charge is -2.16. The number of hydrogen-bond donors (Lipinski definition) is 2. The Hall–Kier alpha value is -2.95. The monoisotopic (exact) mass is 417 g/mol. The first kappa shape index (κ1) is 19.4. The van der Waals surface area contributed by atoms with Crippen LogP contribution in [0.1, 0.15) is 19.1 Å². The van der Waals surface area contributed by atoms with Gasteiger partial charge in [-0.3, -0.25) is 8.75 Å². The highest BCUT2D eigenvalue weighted by atomic mass is 32.2. The molecule has 0 amide bonds. The molecular formula is C19H19N3O6S. The Balaban J connectivity index is 1.46. The van der Waals surface area contributed by atoms with Gasteiger partial charge in [0.25, 0.3) is 0 Å². The quantitative estimate of drug-likeness (QED) is 0.600. The standard InChI is InChI=1S/C19H19N3O6S/c20-16-9-10-22(19(24)21-16)17-8-6-13(28-17)11-27-29(25,26)15-7-5-12-3-1-2-4-14(12)18(15)23/h1-5,7,9-10,13,17,23H,6,8,11H2,(H2,20,21,24)/t13-,17+/m0/s1. The Morgan fingerprint density at radius 1 is 1.21 bits per heavy atom. The van der Waals surface area contributed by atoms with Gasteiger partial charge in [0.1, 0.15) is 22.7 Å². The Labute approximate surface area is 166 Å². The lowest BCUT2D eigenvalue weighted by atomic mass is 10.1. The summed E-state index contributed by atoms with van der Waals surface area (Å²) in [4.78, 5) is 15.3. The average Bonchev–Trinajstić information content (AvgIpc) is 3.15. The van der Waals surface area contributed by atoms with E-state index in [1.165, 1.54) is 22.9 Å². The van der Waals surface area contributed by atoms with Crippen LogP contribution in [0.15, 0.2) is 58.4 Å². The molecule has 0 bridgehead atoms. The van der Waals surface area contributed by atoms with Crippen molar-refractivity contribution in [2.45, 2.75) is 30.1 Å². The molecule has 2 atom stereocenters. The van der Waals surface area contributed by atoms with Gasteiger partial charge >= 0.3 is 15.8 Å². The summed E-state index contributed by atoms with van der Waals surface area (Å²) in [6.45, 7) is -0.234. The van der Waals surface area contributed by atoms with Crippen molar-refractivity contribution in [3.8, 4) is 5.75 Å². The lowest BCUT2D eigenvalue weighted by molar-refractivity contribution is -0.0189. The molecule has 29 heavy (non-hydrogen) atoms. The highest BCUT2D eigenvalue weighted by molar-refractivity contribution is 7.86. The van der Waals surface area contributed by atoms with E-state index >= 15 is 0 Å². The minimum absolute atomic E-state index is 0.116. The highest BCUT2D eigenvalue weighted by Gasteiger charge is 2.30. The maximum atomic E-state index is 12.6. The molecule has 1 aliphatic heterocycles. The summed E-state index contributed by atoms with van der Waals surface area (Å²) in [6.07, 6.45) is 1.40. The van der Waals surface area contributed by atoms with E-state index in [1.54, 1.807) is 30.3 Å². The molecule has 0 unspecified atom stereocenters. The molecule has 1 saturated heterocycles. The van der Waals surface area contributed by atoms with Crippen LogP contribution in [0.5, 0.6) is 5.75 Å². The van der Waals surface area contributed by atoms with E-state index in [-0.39, 0.29) is 23.1 Å². The smallest absolute Gasteiger partial charge is 0.351 e. The largest absolute Gasteiger partial charge is 0.506 e. The molecule has 0 radical (unpaired) electrons. The Morgan fingerprint density at radius 3 is 2.79 bits per heavy atom. The van der Waals surface area contributed by atoms with Crippen molar-refractivity contribution in [2.24, 2.45) is 0 Å². The minimum atomic E-state index is -4.19. The molecule has 0 aliphatic carbocycles. The predicted octanol–water partition coefficient (Wildman–Crippen LogP) is 1.77. The molecule has 0 saturated carbocycles. The zero-order valence-electron chi connectivity index (χ0n) is 15.3. The van der Waals surface area contributed by atoms with Crippen molar-refractivity contribution in [3.05, 3.63) is 59.1 Å². The molecule has 3 N–H and O–H groups in total. The molecular weight excluding hydrogens is 398 g/mol. The zero-order chi connectivity index (χ0) is 20.6. The summed E-state index contributed by atoms with van der Waals surface area (Å²) < 4.78 is 37.3. The fourth-order valence-corrected chi connectivity index (χ4v) is 4.36. The van der Waals surface area contributed by atoms with Crippen molar-refractivity contribution in [1.29, 1.82) is 0 Å². The lowest BCUT2D eigenvalue weighted by Crippen LogP contribution is -2.28. The van der Waals surface area contributed by atoms with Crippen LogP contribution in [-0.2, 0) is 19.0 Å². The molecule has 10 heteroatoms. The van der Waals surface area contributed by atoms with Crippen LogP contribution in [0.25, 0.3) is 10.8 Å². The van der Waals surface area contributed by atoms with Crippen LogP contribution in [-0.4, -0.2) is 35.8 Å². The number of nitrogen functional groups attached to an aromatic ring is 1. The van der Waals surface area contributed by atoms with Gasteiger partial charge in [0.2, 0.25) is 0 Å². The molecule has 0 spiro atoms. The van der Waals surface area contributed by atoms with E-state index in [9.17, 15) is 18.3 Å². The SMILES string of the molecule is Nc1ccn([C@H]2CC[C@@H](COS(=O)(=O)c3ccc4ccccc4c3O)O2)c(=O)n1. The summed E-state index contributed by atoms with van der Waals surface area (Å²) in [5.74, 6) is -0.238. The van der Waals surface area contributed by atoms with Crippen molar-refractivity contribution in [1.82, 2.24) is 9.55 Å². The van der Waals surface area contributed by atoms with Crippen molar-refractivity contribution in [2.75, 3.05) is 12.3 Å². The number of rotatable bonds is 5. The Bertz CT molecular complexity index is 1220. The molecule has 9 nitrogen and oxygen atoms in total. The molecule has 1 aliphatic rings. The van der Waals surface area contributed by atoms with Crippen LogP contribution in [0.2, 0.25) is 0 Å². The van der Waals surface area contributed by atoms with E-state index in [0.29, 0.717) is 23.6 Å². The summed E-state index contributed by atoms with van der Waals surface area (Å²) >= 11 is 0. The molecule has 1 aromatic heterocycles. The van der Waals surface area contributed by atoms with Gasteiger partial charge in [-0.15, -0.1) is 0 Å². The average molecular weight is 417 g/mol. The van der Waals surface area contributed by atoms with Crippen LogP contribution in [0.4, 0.5) is 5.82 Å². The van der Waals surface area contributed by atoms with E-state index in [2.05, 4.69) is 4.98 Å². The number of anilines is 1. The van der Waals surface area contributed by atoms with Crippen LogP contribution < -0.4 is 11.4 Å². The first-order valence-electron chi connectivity index (χ1n) is 8.95. The van der Waals surface area contributed by atoms with Crippen LogP contribution >= 0.6 is 0 Å². The maximum Gasteiger partial charge on any atom is 0.351 e. The van der Waals surface area contributed by atoms with Crippen molar-refractivity contribution >= 4 is 26.7 Å². The third kappa shape index (κ3) is 3.82. The third-order valence-electron chi connectivity index (χ3n) is 4.79. The second-order valence-corrected chi connectivity index (χ2v) is 8.29. The fourth-order valence-electron chi connectivity index (χ4n) is 3.32. The molecule has 2 heterocycles. The number of hydrogen-bond acceptors (Lipinski definition) is 8. The number of phenolic OH excluding ortho intramolecular Hbond substituents is 1. The van der Waals surface area contributed by atoms with Crippen LogP contribution in [0.3, 0.4) is 0 Å². The van der Waals surface area contributed by atoms with E-state index in [1.807, 2.05) is 0 Å². The van der Waals surface area contributed by atoms with Gasteiger partial charge in [0.05, 0.1) is 12.7 Å². The molecule has 4 rings (SSSR count). The molecule has 152 valence electrons. The van der Waals surface area contributed by atoms with Gasteiger partial charge in [-0.1, -0.05) is 30.3 Å². The number of phenols is 1.